The molecule has 44 heavy (non-hydrogen) atoms. The zero-order valence-corrected chi connectivity index (χ0v) is 25.3. The standard InChI is InChI=1S/C31H34N6O3.C2H4O2/c1-20(2)16-26(32)30(39)37(23-8-5-4-6-9-23)31-34-18-22-17-33-19-36(29(22)35-31)27-11-7-10-25(28(27)38)21-12-14-24(40-3)15-13-21;1-2(3)4/h4-15,18,20,26-27,33H,16-17,19,32H2,1-3H3;1H3,(H,3,4)/t26-,27?;/m0./s1. The molecule has 11 nitrogen and oxygen atoms in total. The van der Waals surface area contributed by atoms with Crippen LogP contribution in [0.25, 0.3) is 5.57 Å². The average Bonchev–Trinajstić information content (AvgIpc) is 3.01. The second-order valence-electron chi connectivity index (χ2n) is 10.8. The van der Waals surface area contributed by atoms with Crippen molar-refractivity contribution in [3.63, 3.8) is 0 Å². The number of nitrogens with two attached hydrogens (primary N) is 1. The quantitative estimate of drug-likeness (QED) is 0.346. The van der Waals surface area contributed by atoms with Crippen molar-refractivity contribution in [2.75, 3.05) is 23.6 Å². The minimum absolute atomic E-state index is 0.0440. The van der Waals surface area contributed by atoms with E-state index in [1.54, 1.807) is 13.3 Å². The zero-order chi connectivity index (χ0) is 31.8. The summed E-state index contributed by atoms with van der Waals surface area (Å²) in [6.45, 7) is 6.10. The molecule has 2 atom stereocenters. The second-order valence-corrected chi connectivity index (χ2v) is 10.8. The number of nitrogens with one attached hydrogen (secondary N) is 1. The molecule has 0 spiro atoms. The van der Waals surface area contributed by atoms with Crippen molar-refractivity contribution in [1.82, 2.24) is 15.3 Å². The number of ketones is 1. The first-order valence-corrected chi connectivity index (χ1v) is 14.3. The monoisotopic (exact) mass is 598 g/mol. The number of amides is 1. The van der Waals surface area contributed by atoms with E-state index in [0.717, 1.165) is 23.8 Å². The van der Waals surface area contributed by atoms with Gasteiger partial charge in [-0.2, -0.15) is 4.98 Å². The molecular weight excluding hydrogens is 560 g/mol. The first-order valence-electron chi connectivity index (χ1n) is 14.3. The highest BCUT2D eigenvalue weighted by Crippen LogP contribution is 2.32. The Morgan fingerprint density at radius 2 is 1.84 bits per heavy atom. The van der Waals surface area contributed by atoms with Crippen molar-refractivity contribution in [3.8, 4) is 5.75 Å². The van der Waals surface area contributed by atoms with Gasteiger partial charge in [-0.15, -0.1) is 0 Å². The van der Waals surface area contributed by atoms with Gasteiger partial charge in [-0.05, 0) is 42.2 Å². The van der Waals surface area contributed by atoms with E-state index in [1.165, 1.54) is 4.90 Å². The molecule has 1 amide bonds. The predicted molar refractivity (Wildman–Crippen MR) is 169 cm³/mol. The smallest absolute Gasteiger partial charge is 0.300 e. The van der Waals surface area contributed by atoms with Crippen LogP contribution in [0, 0.1) is 5.92 Å². The minimum atomic E-state index is -0.833. The Kier molecular flexibility index (Phi) is 10.6. The summed E-state index contributed by atoms with van der Waals surface area (Å²) in [5, 5.41) is 10.8. The van der Waals surface area contributed by atoms with Crippen molar-refractivity contribution in [2.24, 2.45) is 11.7 Å². The van der Waals surface area contributed by atoms with Crippen molar-refractivity contribution < 1.29 is 24.2 Å². The maximum atomic E-state index is 13.8. The summed E-state index contributed by atoms with van der Waals surface area (Å²) in [5.74, 6) is 0.646. The van der Waals surface area contributed by atoms with Crippen LogP contribution < -0.4 is 25.6 Å². The van der Waals surface area contributed by atoms with E-state index in [0.29, 0.717) is 36.7 Å². The van der Waals surface area contributed by atoms with Crippen molar-refractivity contribution in [1.29, 1.82) is 0 Å². The van der Waals surface area contributed by atoms with E-state index in [2.05, 4.69) is 10.3 Å². The van der Waals surface area contributed by atoms with Gasteiger partial charge in [-0.1, -0.05) is 62.4 Å². The lowest BCUT2D eigenvalue weighted by Gasteiger charge is -2.36. The number of carboxylic acids is 1. The van der Waals surface area contributed by atoms with Crippen molar-refractivity contribution in [3.05, 3.63) is 90.1 Å². The predicted octanol–water partition coefficient (Wildman–Crippen LogP) is 4.07. The SMILES string of the molecule is CC(=O)O.COc1ccc(C2=CC=CC(N3CNCc4cnc(N(C(=O)[C@@H](N)CC(C)C)c5ccccc5)nc43)C2=O)cc1. The molecule has 1 aromatic heterocycles. The van der Waals surface area contributed by atoms with Crippen LogP contribution in [0.5, 0.6) is 5.75 Å². The van der Waals surface area contributed by atoms with Gasteiger partial charge < -0.3 is 20.5 Å². The third kappa shape index (κ3) is 7.55. The Morgan fingerprint density at radius 3 is 2.48 bits per heavy atom. The number of benzene rings is 2. The molecule has 5 rings (SSSR count). The van der Waals surface area contributed by atoms with E-state index in [1.807, 2.05) is 91.6 Å². The molecular formula is C33H38N6O5. The van der Waals surface area contributed by atoms with E-state index in [4.69, 9.17) is 25.4 Å². The molecule has 0 saturated carbocycles. The van der Waals surface area contributed by atoms with Crippen LogP contribution in [-0.2, 0) is 20.9 Å². The Bertz CT molecular complexity index is 1530. The van der Waals surface area contributed by atoms with Gasteiger partial charge in [0.15, 0.2) is 5.78 Å². The molecule has 11 heteroatoms. The molecule has 0 fully saturated rings. The van der Waals surface area contributed by atoms with E-state index in [9.17, 15) is 9.59 Å². The maximum absolute atomic E-state index is 13.8. The summed E-state index contributed by atoms with van der Waals surface area (Å²) in [6.07, 6.45) is 7.84. The third-order valence-electron chi connectivity index (χ3n) is 7.00. The zero-order valence-electron chi connectivity index (χ0n) is 25.3. The van der Waals surface area contributed by atoms with Crippen LogP contribution in [-0.4, -0.2) is 58.6 Å². The summed E-state index contributed by atoms with van der Waals surface area (Å²) in [4.78, 5) is 49.3. The number of Topliss-reactive ketones (excluding diaryl/α,β-unsaturated/α-hetero) is 1. The topological polar surface area (TPSA) is 151 Å². The number of allylic oxidation sites excluding steroid dienone is 2. The Morgan fingerprint density at radius 1 is 1.16 bits per heavy atom. The number of ether oxygens (including phenoxy) is 1. The van der Waals surface area contributed by atoms with E-state index >= 15 is 0 Å². The molecule has 0 bridgehead atoms. The number of fused-ring (bicyclic) bond motifs is 1. The number of carboxylic acid groups (broad SMARTS) is 1. The van der Waals surface area contributed by atoms with Crippen LogP contribution in [0.2, 0.25) is 0 Å². The number of hydrogen-bond acceptors (Lipinski definition) is 9. The van der Waals surface area contributed by atoms with Gasteiger partial charge in [0.2, 0.25) is 5.95 Å². The summed E-state index contributed by atoms with van der Waals surface area (Å²) in [6, 6.07) is 15.4. The lowest BCUT2D eigenvalue weighted by molar-refractivity contribution is -0.134. The summed E-state index contributed by atoms with van der Waals surface area (Å²) < 4.78 is 5.27. The molecule has 2 aromatic carbocycles. The number of anilines is 3. The van der Waals surface area contributed by atoms with Crippen molar-refractivity contribution in [2.45, 2.75) is 45.8 Å². The fourth-order valence-corrected chi connectivity index (χ4v) is 5.02. The lowest BCUT2D eigenvalue weighted by Crippen LogP contribution is -2.50. The molecule has 4 N–H and O–H groups in total. The first kappa shape index (κ1) is 32.1. The largest absolute Gasteiger partial charge is 0.497 e. The number of carbonyl (C=O) groups excluding carboxylic acids is 2. The van der Waals surface area contributed by atoms with Gasteiger partial charge in [0.25, 0.3) is 11.9 Å². The highest BCUT2D eigenvalue weighted by molar-refractivity contribution is 6.26. The number of nitrogens with zero attached hydrogens (tertiary/aromatic N) is 4. The number of para-hydroxylation sites is 1. The van der Waals surface area contributed by atoms with E-state index in [-0.39, 0.29) is 23.6 Å². The molecule has 2 heterocycles. The van der Waals surface area contributed by atoms with Crippen LogP contribution in [0.1, 0.15) is 38.3 Å². The van der Waals surface area contributed by atoms with Crippen LogP contribution in [0.3, 0.4) is 0 Å². The number of aromatic nitrogens is 2. The Hall–Kier alpha value is -4.87. The normalized spacial score (nSPS) is 16.3. The first-order chi connectivity index (χ1) is 21.1. The lowest BCUT2D eigenvalue weighted by atomic mass is 9.92. The summed E-state index contributed by atoms with van der Waals surface area (Å²) in [5.41, 5.74) is 9.24. The van der Waals surface area contributed by atoms with E-state index < -0.39 is 18.1 Å². The number of aliphatic carboxylic acids is 1. The molecule has 3 aromatic rings. The van der Waals surface area contributed by atoms with Gasteiger partial charge in [0.05, 0.1) is 25.5 Å². The highest BCUT2D eigenvalue weighted by Gasteiger charge is 2.34. The Labute approximate surface area is 257 Å². The summed E-state index contributed by atoms with van der Waals surface area (Å²) in [7, 11) is 1.61. The summed E-state index contributed by atoms with van der Waals surface area (Å²) >= 11 is 0. The third-order valence-corrected chi connectivity index (χ3v) is 7.00. The molecule has 1 aliphatic heterocycles. The van der Waals surface area contributed by atoms with Gasteiger partial charge in [0, 0.05) is 30.8 Å². The van der Waals surface area contributed by atoms with Crippen LogP contribution in [0.15, 0.2) is 79.0 Å². The molecule has 230 valence electrons. The number of rotatable bonds is 8. The number of hydrogen-bond donors (Lipinski definition) is 3. The van der Waals surface area contributed by atoms with Crippen LogP contribution in [0.4, 0.5) is 17.5 Å². The molecule has 0 saturated heterocycles. The van der Waals surface area contributed by atoms with Crippen LogP contribution >= 0.6 is 0 Å². The molecule has 1 unspecified atom stereocenters. The second kappa shape index (κ2) is 14.5. The van der Waals surface area contributed by atoms with Gasteiger partial charge in [-0.25, -0.2) is 9.88 Å². The van der Waals surface area contributed by atoms with Gasteiger partial charge in [0.1, 0.15) is 17.6 Å². The van der Waals surface area contributed by atoms with Crippen molar-refractivity contribution >= 4 is 40.7 Å². The average molecular weight is 599 g/mol. The molecule has 1 aliphatic carbocycles. The highest BCUT2D eigenvalue weighted by atomic mass is 16.5. The Balaban J connectivity index is 0.00000104. The van der Waals surface area contributed by atoms with Gasteiger partial charge >= 0.3 is 0 Å². The number of carbonyl (C=O) groups is 3. The van der Waals surface area contributed by atoms with Gasteiger partial charge in [-0.3, -0.25) is 19.7 Å². The number of methoxy groups -OCH3 is 1. The maximum Gasteiger partial charge on any atom is 0.300 e. The fraction of sp³-hybridized carbons (Fsp3) is 0.303. The minimum Gasteiger partial charge on any atom is -0.497 e. The molecule has 2 aliphatic rings. The fourth-order valence-electron chi connectivity index (χ4n) is 5.02. The molecule has 0 radical (unpaired) electrons.